The lowest BCUT2D eigenvalue weighted by atomic mass is 10.0. The van der Waals surface area contributed by atoms with E-state index in [2.05, 4.69) is 4.72 Å². The van der Waals surface area contributed by atoms with E-state index < -0.39 is 21.4 Å². The molecule has 3 N–H and O–H groups in total. The largest absolute Gasteiger partial charge is 0.329 e. The zero-order chi connectivity index (χ0) is 14.0. The van der Waals surface area contributed by atoms with Gasteiger partial charge in [0.2, 0.25) is 10.0 Å². The van der Waals surface area contributed by atoms with Gasteiger partial charge in [0.15, 0.2) is 0 Å². The van der Waals surface area contributed by atoms with Crippen LogP contribution in [0.25, 0.3) is 0 Å². The quantitative estimate of drug-likeness (QED) is 0.855. The Morgan fingerprint density at radius 2 is 2.06 bits per heavy atom. The van der Waals surface area contributed by atoms with Crippen LogP contribution in [0.3, 0.4) is 0 Å². The molecule has 0 spiro atoms. The zero-order valence-corrected chi connectivity index (χ0v) is 11.6. The molecule has 6 heteroatoms. The number of hydrogen-bond acceptors (Lipinski definition) is 3. The van der Waals surface area contributed by atoms with Gasteiger partial charge in [-0.15, -0.1) is 0 Å². The predicted octanol–water partition coefficient (Wildman–Crippen LogP) is 1.54. The summed E-state index contributed by atoms with van der Waals surface area (Å²) in [6.07, 6.45) is 0.572. The molecule has 0 saturated carbocycles. The molecule has 0 aliphatic carbocycles. The molecule has 1 rings (SSSR count). The topological polar surface area (TPSA) is 72.2 Å². The van der Waals surface area contributed by atoms with Gasteiger partial charge in [-0.1, -0.05) is 6.92 Å². The Morgan fingerprint density at radius 1 is 1.44 bits per heavy atom. The van der Waals surface area contributed by atoms with E-state index in [0.29, 0.717) is 12.0 Å². The molecule has 18 heavy (non-hydrogen) atoms. The number of aryl methyl sites for hydroxylation is 1. The van der Waals surface area contributed by atoms with Gasteiger partial charge in [0, 0.05) is 12.1 Å². The van der Waals surface area contributed by atoms with Crippen molar-refractivity contribution in [1.82, 2.24) is 4.72 Å². The molecular formula is C12H19FN2O2S. The van der Waals surface area contributed by atoms with Crippen molar-refractivity contribution in [2.75, 3.05) is 6.54 Å². The van der Waals surface area contributed by atoms with E-state index in [9.17, 15) is 12.8 Å². The van der Waals surface area contributed by atoms with Crippen LogP contribution in [0.5, 0.6) is 0 Å². The third-order valence-electron chi connectivity index (χ3n) is 3.04. The van der Waals surface area contributed by atoms with Gasteiger partial charge in [-0.25, -0.2) is 17.5 Å². The average molecular weight is 274 g/mol. The molecule has 4 nitrogen and oxygen atoms in total. The first-order valence-corrected chi connectivity index (χ1v) is 7.22. The van der Waals surface area contributed by atoms with Gasteiger partial charge in [0.05, 0.1) is 4.90 Å². The molecule has 0 saturated heterocycles. The zero-order valence-electron chi connectivity index (χ0n) is 10.8. The fourth-order valence-electron chi connectivity index (χ4n) is 1.55. The summed E-state index contributed by atoms with van der Waals surface area (Å²) in [7, 11) is -3.69. The van der Waals surface area contributed by atoms with Crippen LogP contribution >= 0.6 is 0 Å². The van der Waals surface area contributed by atoms with E-state index in [1.165, 1.54) is 12.1 Å². The van der Waals surface area contributed by atoms with Crippen LogP contribution in [0.2, 0.25) is 0 Å². The van der Waals surface area contributed by atoms with E-state index in [1.54, 1.807) is 13.8 Å². The van der Waals surface area contributed by atoms with Gasteiger partial charge in [-0.05, 0) is 44.0 Å². The molecule has 0 aliphatic rings. The fourth-order valence-corrected chi connectivity index (χ4v) is 3.27. The molecule has 1 aromatic carbocycles. The van der Waals surface area contributed by atoms with E-state index in [0.717, 1.165) is 6.07 Å². The van der Waals surface area contributed by atoms with Crippen molar-refractivity contribution >= 4 is 10.0 Å². The number of halogens is 1. The number of benzene rings is 1. The lowest BCUT2D eigenvalue weighted by Crippen LogP contribution is -2.50. The molecule has 1 unspecified atom stereocenters. The van der Waals surface area contributed by atoms with Crippen molar-refractivity contribution < 1.29 is 12.8 Å². The summed E-state index contributed by atoms with van der Waals surface area (Å²) in [5, 5.41) is 0. The molecule has 1 aromatic rings. The number of rotatable bonds is 5. The Hall–Kier alpha value is -0.980. The number of nitrogens with two attached hydrogens (primary N) is 1. The lowest BCUT2D eigenvalue weighted by molar-refractivity contribution is 0.411. The Balaban J connectivity index is 3.15. The van der Waals surface area contributed by atoms with E-state index >= 15 is 0 Å². The summed E-state index contributed by atoms with van der Waals surface area (Å²) < 4.78 is 40.0. The minimum atomic E-state index is -3.69. The third-order valence-corrected chi connectivity index (χ3v) is 4.84. The normalized spacial score (nSPS) is 15.4. The van der Waals surface area contributed by atoms with E-state index in [-0.39, 0.29) is 11.4 Å². The van der Waals surface area contributed by atoms with E-state index in [4.69, 9.17) is 5.73 Å². The summed E-state index contributed by atoms with van der Waals surface area (Å²) >= 11 is 0. The monoisotopic (exact) mass is 274 g/mol. The summed E-state index contributed by atoms with van der Waals surface area (Å²) in [5.74, 6) is -0.455. The minimum absolute atomic E-state index is 0.0806. The van der Waals surface area contributed by atoms with Crippen LogP contribution in [0, 0.1) is 12.7 Å². The van der Waals surface area contributed by atoms with Crippen LogP contribution in [-0.4, -0.2) is 20.5 Å². The Morgan fingerprint density at radius 3 is 2.50 bits per heavy atom. The van der Waals surface area contributed by atoms with Crippen LogP contribution in [-0.2, 0) is 10.0 Å². The molecule has 0 aliphatic heterocycles. The lowest BCUT2D eigenvalue weighted by Gasteiger charge is -2.27. The second kappa shape index (κ2) is 5.34. The van der Waals surface area contributed by atoms with Crippen LogP contribution < -0.4 is 10.5 Å². The highest BCUT2D eigenvalue weighted by Gasteiger charge is 2.28. The molecule has 0 amide bonds. The van der Waals surface area contributed by atoms with Gasteiger partial charge in [0.1, 0.15) is 5.82 Å². The van der Waals surface area contributed by atoms with Crippen LogP contribution in [0.15, 0.2) is 23.1 Å². The second-order valence-corrected chi connectivity index (χ2v) is 6.28. The highest BCUT2D eigenvalue weighted by Crippen LogP contribution is 2.19. The molecule has 0 fully saturated rings. The van der Waals surface area contributed by atoms with Crippen LogP contribution in [0.4, 0.5) is 4.39 Å². The van der Waals surface area contributed by atoms with Crippen molar-refractivity contribution in [3.63, 3.8) is 0 Å². The number of sulfonamides is 1. The van der Waals surface area contributed by atoms with Crippen molar-refractivity contribution in [1.29, 1.82) is 0 Å². The average Bonchev–Trinajstić information content (AvgIpc) is 2.27. The van der Waals surface area contributed by atoms with Crippen molar-refractivity contribution in [2.24, 2.45) is 5.73 Å². The first-order valence-electron chi connectivity index (χ1n) is 5.74. The standard InChI is InChI=1S/C12H19FN2O2S/c1-4-12(3,8-14)15-18(16,17)11-6-5-10(13)7-9(11)2/h5-7,15H,4,8,14H2,1-3H3. The number of hydrogen-bond donors (Lipinski definition) is 2. The summed E-state index contributed by atoms with van der Waals surface area (Å²) in [6, 6.07) is 3.59. The third kappa shape index (κ3) is 3.28. The Kier molecular flexibility index (Phi) is 4.47. The molecule has 0 radical (unpaired) electrons. The summed E-state index contributed by atoms with van der Waals surface area (Å²) in [5.41, 5.74) is 5.26. The first-order chi connectivity index (χ1) is 8.24. The molecule has 0 bridgehead atoms. The maximum atomic E-state index is 13.0. The fraction of sp³-hybridized carbons (Fsp3) is 0.500. The van der Waals surface area contributed by atoms with Crippen molar-refractivity contribution in [3.8, 4) is 0 Å². The first kappa shape index (κ1) is 15.1. The van der Waals surface area contributed by atoms with E-state index in [1.807, 2.05) is 6.92 Å². The second-order valence-electron chi connectivity index (χ2n) is 4.63. The number of nitrogens with one attached hydrogen (secondary N) is 1. The summed E-state index contributed by atoms with van der Waals surface area (Å²) in [6.45, 7) is 5.35. The minimum Gasteiger partial charge on any atom is -0.329 e. The van der Waals surface area contributed by atoms with Gasteiger partial charge < -0.3 is 5.73 Å². The Labute approximate surface area is 107 Å². The van der Waals surface area contributed by atoms with Crippen molar-refractivity contribution in [2.45, 2.75) is 37.6 Å². The van der Waals surface area contributed by atoms with Gasteiger partial charge in [0.25, 0.3) is 0 Å². The molecule has 1 atom stereocenters. The van der Waals surface area contributed by atoms with Gasteiger partial charge in [-0.3, -0.25) is 0 Å². The summed E-state index contributed by atoms with van der Waals surface area (Å²) in [4.78, 5) is 0.0806. The maximum Gasteiger partial charge on any atom is 0.241 e. The SMILES string of the molecule is CCC(C)(CN)NS(=O)(=O)c1ccc(F)cc1C. The van der Waals surface area contributed by atoms with Gasteiger partial charge >= 0.3 is 0 Å². The Bertz CT molecular complexity index is 525. The molecule has 0 heterocycles. The smallest absolute Gasteiger partial charge is 0.241 e. The highest BCUT2D eigenvalue weighted by molar-refractivity contribution is 7.89. The predicted molar refractivity (Wildman–Crippen MR) is 69.2 cm³/mol. The molecular weight excluding hydrogens is 255 g/mol. The molecule has 0 aromatic heterocycles. The van der Waals surface area contributed by atoms with Crippen LogP contribution in [0.1, 0.15) is 25.8 Å². The maximum absolute atomic E-state index is 13.0. The van der Waals surface area contributed by atoms with Gasteiger partial charge in [-0.2, -0.15) is 0 Å². The highest BCUT2D eigenvalue weighted by atomic mass is 32.2. The van der Waals surface area contributed by atoms with Crippen molar-refractivity contribution in [3.05, 3.63) is 29.6 Å². The molecule has 102 valence electrons.